The highest BCUT2D eigenvalue weighted by Gasteiger charge is 2.18. The average Bonchev–Trinajstić information content (AvgIpc) is 3.41. The summed E-state index contributed by atoms with van der Waals surface area (Å²) in [4.78, 5) is 24.6. The number of ether oxygens (including phenoxy) is 1. The molecule has 0 aromatic rings. The molecule has 75 heavy (non-hydrogen) atoms. The molecule has 2 unspecified atom stereocenters. The lowest BCUT2D eigenvalue weighted by Gasteiger charge is -2.20. The van der Waals surface area contributed by atoms with E-state index in [-0.39, 0.29) is 18.5 Å². The first-order valence-corrected chi connectivity index (χ1v) is 33.4. The van der Waals surface area contributed by atoms with Crippen LogP contribution in [0.4, 0.5) is 0 Å². The Morgan fingerprint density at radius 3 is 1.04 bits per heavy atom. The summed E-state index contributed by atoms with van der Waals surface area (Å²) in [7, 11) is 0. The molecule has 440 valence electrons. The summed E-state index contributed by atoms with van der Waals surface area (Å²) in [6, 6.07) is -0.635. The predicted molar refractivity (Wildman–Crippen MR) is 329 cm³/mol. The van der Waals surface area contributed by atoms with Gasteiger partial charge in [0, 0.05) is 12.8 Å². The van der Waals surface area contributed by atoms with Gasteiger partial charge >= 0.3 is 5.97 Å². The number of allylic oxidation sites excluding steroid dienone is 7. The van der Waals surface area contributed by atoms with Crippen LogP contribution in [0.15, 0.2) is 48.6 Å². The van der Waals surface area contributed by atoms with E-state index in [4.69, 9.17) is 4.74 Å². The number of amides is 1. The van der Waals surface area contributed by atoms with Gasteiger partial charge in [-0.1, -0.05) is 300 Å². The zero-order valence-corrected chi connectivity index (χ0v) is 50.3. The maximum atomic E-state index is 12.5. The number of nitrogens with one attached hydrogen (secondary N) is 1. The van der Waals surface area contributed by atoms with Crippen LogP contribution in [0.1, 0.15) is 354 Å². The monoisotopic (exact) mass is 1050 g/mol. The zero-order chi connectivity index (χ0) is 54.3. The van der Waals surface area contributed by atoms with Crippen molar-refractivity contribution >= 4 is 11.9 Å². The summed E-state index contributed by atoms with van der Waals surface area (Å²) in [5.41, 5.74) is 0. The summed E-state index contributed by atoms with van der Waals surface area (Å²) in [5, 5.41) is 23.2. The molecule has 0 spiro atoms. The quantitative estimate of drug-likeness (QED) is 0.0320. The molecular weight excluding hydrogens is 923 g/mol. The van der Waals surface area contributed by atoms with Crippen LogP contribution in [0, 0.1) is 0 Å². The van der Waals surface area contributed by atoms with Crippen molar-refractivity contribution in [3.05, 3.63) is 48.6 Å². The summed E-state index contributed by atoms with van der Waals surface area (Å²) < 4.78 is 5.48. The summed E-state index contributed by atoms with van der Waals surface area (Å²) in [5.74, 6) is -0.0769. The van der Waals surface area contributed by atoms with Crippen LogP contribution in [0.25, 0.3) is 0 Å². The van der Waals surface area contributed by atoms with E-state index >= 15 is 0 Å². The van der Waals surface area contributed by atoms with Gasteiger partial charge in [0.05, 0.1) is 25.4 Å². The van der Waals surface area contributed by atoms with E-state index in [1.165, 1.54) is 270 Å². The van der Waals surface area contributed by atoms with Gasteiger partial charge in [-0.15, -0.1) is 0 Å². The smallest absolute Gasteiger partial charge is 0.305 e. The predicted octanol–water partition coefficient (Wildman–Crippen LogP) is 21.3. The molecule has 6 nitrogen and oxygen atoms in total. The number of hydrogen-bond acceptors (Lipinski definition) is 5. The first kappa shape index (κ1) is 72.8. The minimum atomic E-state index is -0.851. The molecule has 0 aliphatic rings. The Morgan fingerprint density at radius 2 is 0.667 bits per heavy atom. The minimum absolute atomic E-state index is 0.00403. The van der Waals surface area contributed by atoms with E-state index in [1.54, 1.807) is 6.08 Å². The number of rotatable bonds is 62. The fraction of sp³-hybridized carbons (Fsp3) is 0.855. The third-order valence-electron chi connectivity index (χ3n) is 15.3. The molecule has 0 fully saturated rings. The summed E-state index contributed by atoms with van der Waals surface area (Å²) >= 11 is 0. The number of aliphatic hydroxyl groups is 2. The molecule has 0 heterocycles. The lowest BCUT2D eigenvalue weighted by atomic mass is 10.0. The molecule has 2 atom stereocenters. The topological polar surface area (TPSA) is 95.9 Å². The molecule has 0 aromatic heterocycles. The highest BCUT2D eigenvalue weighted by molar-refractivity contribution is 5.76. The average molecular weight is 1050 g/mol. The van der Waals surface area contributed by atoms with E-state index in [2.05, 4.69) is 55.6 Å². The van der Waals surface area contributed by atoms with Crippen LogP contribution in [-0.4, -0.2) is 47.4 Å². The number of esters is 1. The number of carbonyl (C=O) groups excluding carboxylic acids is 2. The van der Waals surface area contributed by atoms with Crippen LogP contribution >= 0.6 is 0 Å². The molecule has 1 amide bonds. The van der Waals surface area contributed by atoms with Crippen LogP contribution in [0.3, 0.4) is 0 Å². The van der Waals surface area contributed by atoms with Gasteiger partial charge in [0.15, 0.2) is 0 Å². The van der Waals surface area contributed by atoms with Crippen LogP contribution in [0.5, 0.6) is 0 Å². The summed E-state index contributed by atoms with van der Waals surface area (Å²) in [6.07, 6.45) is 83.0. The highest BCUT2D eigenvalue weighted by Crippen LogP contribution is 2.17. The van der Waals surface area contributed by atoms with Gasteiger partial charge in [-0.2, -0.15) is 0 Å². The fourth-order valence-corrected chi connectivity index (χ4v) is 10.2. The maximum Gasteiger partial charge on any atom is 0.305 e. The van der Waals surface area contributed by atoms with Crippen molar-refractivity contribution in [2.24, 2.45) is 0 Å². The number of hydrogen-bond donors (Lipinski definition) is 3. The molecule has 0 bridgehead atoms. The Morgan fingerprint density at radius 1 is 0.373 bits per heavy atom. The van der Waals surface area contributed by atoms with Gasteiger partial charge in [0.2, 0.25) is 5.91 Å². The Labute approximate surface area is 467 Å². The molecule has 0 aliphatic heterocycles. The van der Waals surface area contributed by atoms with E-state index in [0.717, 1.165) is 57.8 Å². The molecule has 0 aliphatic carbocycles. The van der Waals surface area contributed by atoms with Gasteiger partial charge in [0.25, 0.3) is 0 Å². The number of unbranched alkanes of at least 4 members (excludes halogenated alkanes) is 45. The van der Waals surface area contributed by atoms with Gasteiger partial charge < -0.3 is 20.3 Å². The van der Waals surface area contributed by atoms with Crippen molar-refractivity contribution in [2.45, 2.75) is 366 Å². The second-order valence-corrected chi connectivity index (χ2v) is 22.8. The Bertz CT molecular complexity index is 1260. The molecule has 0 radical (unpaired) electrons. The maximum absolute atomic E-state index is 12.5. The van der Waals surface area contributed by atoms with E-state index in [9.17, 15) is 19.8 Å². The first-order chi connectivity index (χ1) is 37.0. The van der Waals surface area contributed by atoms with Crippen LogP contribution in [-0.2, 0) is 14.3 Å². The van der Waals surface area contributed by atoms with Crippen molar-refractivity contribution in [3.63, 3.8) is 0 Å². The molecular formula is C69H129NO5. The van der Waals surface area contributed by atoms with Crippen molar-refractivity contribution < 1.29 is 24.5 Å². The number of aliphatic hydroxyl groups excluding tert-OH is 2. The third kappa shape index (κ3) is 60.9. The lowest BCUT2D eigenvalue weighted by Crippen LogP contribution is -2.45. The lowest BCUT2D eigenvalue weighted by molar-refractivity contribution is -0.143. The molecule has 0 aromatic carbocycles. The minimum Gasteiger partial charge on any atom is -0.466 e. The van der Waals surface area contributed by atoms with Gasteiger partial charge in [-0.25, -0.2) is 0 Å². The molecule has 6 heteroatoms. The third-order valence-corrected chi connectivity index (χ3v) is 15.3. The van der Waals surface area contributed by atoms with Crippen molar-refractivity contribution in [1.82, 2.24) is 5.32 Å². The van der Waals surface area contributed by atoms with Crippen molar-refractivity contribution in [2.75, 3.05) is 13.2 Å². The molecule has 0 rings (SSSR count). The van der Waals surface area contributed by atoms with Crippen molar-refractivity contribution in [1.29, 1.82) is 0 Å². The SMILES string of the molecule is CCCCCC/C=C\C/C=C\CCCCCCCC(=O)OCCCCCCCCCCCCC/C=C\CCCCCCCCCC(=O)NC(CO)C(O)/C=C/CCCCCCCCCCCCCCCCCCCC. The van der Waals surface area contributed by atoms with Gasteiger partial charge in [-0.05, 0) is 89.9 Å². The highest BCUT2D eigenvalue weighted by atomic mass is 16.5. The number of carbonyl (C=O) groups is 2. The zero-order valence-electron chi connectivity index (χ0n) is 50.3. The molecule has 3 N–H and O–H groups in total. The van der Waals surface area contributed by atoms with Gasteiger partial charge in [-0.3, -0.25) is 9.59 Å². The fourth-order valence-electron chi connectivity index (χ4n) is 10.2. The van der Waals surface area contributed by atoms with E-state index in [0.29, 0.717) is 19.4 Å². The van der Waals surface area contributed by atoms with E-state index < -0.39 is 12.1 Å². The first-order valence-electron chi connectivity index (χ1n) is 33.4. The molecule has 0 saturated carbocycles. The van der Waals surface area contributed by atoms with E-state index in [1.807, 2.05) is 6.08 Å². The molecule has 0 saturated heterocycles. The standard InChI is InChI=1S/C69H129NO5/c1-3-5-7-9-11-13-15-17-19-21-22-27-30-33-37-41-45-49-53-57-61-67(72)66(65-71)70-68(73)62-58-54-50-46-42-38-34-31-28-25-23-24-26-29-32-36-40-44-48-52-56-60-64-75-69(74)63-59-55-51-47-43-39-35-20-18-16-14-12-10-8-6-4-2/h14,16,20,25,28,35,57,61,66-67,71-72H,3-13,15,17-19,21-24,26-27,29-34,36-56,58-60,62-65H2,1-2H3,(H,70,73)/b16-14-,28-25-,35-20-,61-57+. The normalized spacial score (nSPS) is 12.9. The Balaban J connectivity index is 3.45. The Kier molecular flexibility index (Phi) is 62.5. The van der Waals surface area contributed by atoms with Gasteiger partial charge in [0.1, 0.15) is 0 Å². The largest absolute Gasteiger partial charge is 0.466 e. The van der Waals surface area contributed by atoms with Crippen LogP contribution in [0.2, 0.25) is 0 Å². The van der Waals surface area contributed by atoms with Crippen molar-refractivity contribution in [3.8, 4) is 0 Å². The van der Waals surface area contributed by atoms with Crippen LogP contribution < -0.4 is 5.32 Å². The Hall–Kier alpha value is -2.18. The second kappa shape index (κ2) is 64.3. The second-order valence-electron chi connectivity index (χ2n) is 22.8. The summed E-state index contributed by atoms with van der Waals surface area (Å²) in [6.45, 7) is 4.90.